The van der Waals surface area contributed by atoms with Crippen molar-refractivity contribution >= 4 is 22.4 Å². The maximum atomic E-state index is 10.7. The standard InChI is InChI=1S/C28H28O5/c1-2-27-8-4-9-28(27)14-16(11-15-12-21(30)25(32)18(7-10-27)24(15)28)19-13-22(31)26(33)23-17(19)5-3-6-20(23)29/h3,5-6,11-13,29-33H,2,4,7-10,14H2,1H3. The van der Waals surface area contributed by atoms with E-state index in [0.717, 1.165) is 67.2 Å². The zero-order chi connectivity index (χ0) is 23.1. The summed E-state index contributed by atoms with van der Waals surface area (Å²) < 4.78 is 0. The van der Waals surface area contributed by atoms with Crippen LogP contribution in [0.15, 0.2) is 30.3 Å². The highest BCUT2D eigenvalue weighted by Gasteiger charge is 2.59. The van der Waals surface area contributed by atoms with E-state index in [1.165, 1.54) is 11.6 Å². The molecule has 1 fully saturated rings. The first kappa shape index (κ1) is 20.3. The summed E-state index contributed by atoms with van der Waals surface area (Å²) in [6.45, 7) is 2.26. The lowest BCUT2D eigenvalue weighted by Gasteiger charge is -2.53. The summed E-state index contributed by atoms with van der Waals surface area (Å²) in [6, 6.07) is 8.33. The van der Waals surface area contributed by atoms with Crippen LogP contribution in [0.25, 0.3) is 22.4 Å². The fraction of sp³-hybridized carbons (Fsp3) is 0.357. The number of aromatic hydroxyl groups is 5. The predicted molar refractivity (Wildman–Crippen MR) is 128 cm³/mol. The number of allylic oxidation sites excluding steroid dienone is 1. The van der Waals surface area contributed by atoms with E-state index in [-0.39, 0.29) is 45.0 Å². The second-order valence-electron chi connectivity index (χ2n) is 10.1. The summed E-state index contributed by atoms with van der Waals surface area (Å²) in [6.07, 6.45) is 8.84. The van der Waals surface area contributed by atoms with E-state index in [9.17, 15) is 25.5 Å². The molecule has 2 unspecified atom stereocenters. The van der Waals surface area contributed by atoms with Crippen molar-refractivity contribution in [3.8, 4) is 28.7 Å². The van der Waals surface area contributed by atoms with E-state index in [2.05, 4.69) is 6.92 Å². The first-order valence-corrected chi connectivity index (χ1v) is 11.8. The van der Waals surface area contributed by atoms with Crippen molar-refractivity contribution in [3.63, 3.8) is 0 Å². The molecule has 170 valence electrons. The Morgan fingerprint density at radius 3 is 2.45 bits per heavy atom. The quantitative estimate of drug-likeness (QED) is 0.309. The molecule has 5 N–H and O–H groups in total. The van der Waals surface area contributed by atoms with Crippen LogP contribution in [-0.4, -0.2) is 25.5 Å². The van der Waals surface area contributed by atoms with E-state index < -0.39 is 0 Å². The minimum Gasteiger partial charge on any atom is -0.507 e. The Labute approximate surface area is 192 Å². The minimum absolute atomic E-state index is 0.0132. The zero-order valence-corrected chi connectivity index (χ0v) is 18.6. The molecule has 3 aromatic carbocycles. The fourth-order valence-electron chi connectivity index (χ4n) is 7.49. The minimum atomic E-state index is -0.326. The Morgan fingerprint density at radius 1 is 0.879 bits per heavy atom. The molecule has 0 aromatic heterocycles. The third kappa shape index (κ3) is 2.42. The van der Waals surface area contributed by atoms with Gasteiger partial charge in [-0.15, -0.1) is 0 Å². The molecule has 3 aromatic rings. The van der Waals surface area contributed by atoms with Crippen LogP contribution in [0.1, 0.15) is 67.7 Å². The van der Waals surface area contributed by atoms with Crippen LogP contribution in [0.5, 0.6) is 28.7 Å². The molecule has 2 atom stereocenters. The third-order valence-corrected chi connectivity index (χ3v) is 8.96. The molecule has 0 saturated heterocycles. The van der Waals surface area contributed by atoms with Gasteiger partial charge in [0.05, 0.1) is 5.39 Å². The Kier molecular flexibility index (Phi) is 4.05. The molecule has 5 nitrogen and oxygen atoms in total. The van der Waals surface area contributed by atoms with Gasteiger partial charge >= 0.3 is 0 Å². The largest absolute Gasteiger partial charge is 0.507 e. The molecular weight excluding hydrogens is 416 g/mol. The summed E-state index contributed by atoms with van der Waals surface area (Å²) >= 11 is 0. The molecule has 1 spiro atoms. The second-order valence-corrected chi connectivity index (χ2v) is 10.1. The average Bonchev–Trinajstić information content (AvgIpc) is 3.17. The van der Waals surface area contributed by atoms with Gasteiger partial charge in [0, 0.05) is 11.0 Å². The van der Waals surface area contributed by atoms with Crippen molar-refractivity contribution in [2.24, 2.45) is 5.41 Å². The predicted octanol–water partition coefficient (Wildman–Crippen LogP) is 6.08. The second kappa shape index (κ2) is 6.60. The monoisotopic (exact) mass is 444 g/mol. The van der Waals surface area contributed by atoms with Crippen molar-refractivity contribution in [2.75, 3.05) is 0 Å². The summed E-state index contributed by atoms with van der Waals surface area (Å²) in [5, 5.41) is 53.6. The fourth-order valence-corrected chi connectivity index (χ4v) is 7.49. The molecule has 1 saturated carbocycles. The number of rotatable bonds is 2. The smallest absolute Gasteiger partial charge is 0.169 e. The van der Waals surface area contributed by atoms with Crippen LogP contribution in [0.3, 0.4) is 0 Å². The third-order valence-electron chi connectivity index (χ3n) is 8.96. The number of phenols is 5. The molecule has 0 aliphatic heterocycles. The van der Waals surface area contributed by atoms with Gasteiger partial charge < -0.3 is 25.5 Å². The Bertz CT molecular complexity index is 1370. The van der Waals surface area contributed by atoms with Gasteiger partial charge in [-0.3, -0.25) is 0 Å². The molecule has 0 heterocycles. The van der Waals surface area contributed by atoms with Crippen LogP contribution >= 0.6 is 0 Å². The van der Waals surface area contributed by atoms with Gasteiger partial charge in [-0.05, 0) is 89.8 Å². The van der Waals surface area contributed by atoms with Crippen molar-refractivity contribution in [3.05, 3.63) is 52.6 Å². The van der Waals surface area contributed by atoms with Gasteiger partial charge in [0.25, 0.3) is 0 Å². The summed E-state index contributed by atoms with van der Waals surface area (Å²) in [5.74, 6) is -0.764. The maximum absolute atomic E-state index is 10.7. The van der Waals surface area contributed by atoms with Gasteiger partial charge in [0.1, 0.15) is 5.75 Å². The average molecular weight is 445 g/mol. The maximum Gasteiger partial charge on any atom is 0.169 e. The van der Waals surface area contributed by atoms with Crippen LogP contribution in [0.2, 0.25) is 0 Å². The highest BCUT2D eigenvalue weighted by atomic mass is 16.3. The molecule has 5 heteroatoms. The first-order valence-electron chi connectivity index (χ1n) is 11.8. The number of benzene rings is 3. The summed E-state index contributed by atoms with van der Waals surface area (Å²) in [5.41, 5.74) is 4.72. The van der Waals surface area contributed by atoms with Gasteiger partial charge in [-0.25, -0.2) is 0 Å². The zero-order valence-electron chi connectivity index (χ0n) is 18.6. The van der Waals surface area contributed by atoms with Gasteiger partial charge in [-0.2, -0.15) is 0 Å². The van der Waals surface area contributed by atoms with Crippen LogP contribution in [0, 0.1) is 5.41 Å². The van der Waals surface area contributed by atoms with Gasteiger partial charge in [-0.1, -0.05) is 31.6 Å². The van der Waals surface area contributed by atoms with Crippen molar-refractivity contribution in [2.45, 2.75) is 57.3 Å². The van der Waals surface area contributed by atoms with E-state index in [1.54, 1.807) is 18.2 Å². The van der Waals surface area contributed by atoms with Crippen LogP contribution < -0.4 is 0 Å². The van der Waals surface area contributed by atoms with E-state index in [0.29, 0.717) is 5.39 Å². The van der Waals surface area contributed by atoms with E-state index in [1.807, 2.05) is 12.1 Å². The molecule has 0 bridgehead atoms. The lowest BCUT2D eigenvalue weighted by molar-refractivity contribution is 0.117. The number of phenolic OH excluding ortho intramolecular Hbond substituents is 5. The molecule has 6 rings (SSSR count). The number of fused-ring (bicyclic) bond motifs is 1. The molecule has 3 aliphatic rings. The van der Waals surface area contributed by atoms with Crippen molar-refractivity contribution in [1.82, 2.24) is 0 Å². The highest BCUT2D eigenvalue weighted by molar-refractivity contribution is 6.05. The molecule has 0 radical (unpaired) electrons. The van der Waals surface area contributed by atoms with Crippen molar-refractivity contribution in [1.29, 1.82) is 0 Å². The van der Waals surface area contributed by atoms with Crippen molar-refractivity contribution < 1.29 is 25.5 Å². The van der Waals surface area contributed by atoms with Gasteiger partial charge in [0.15, 0.2) is 23.0 Å². The Morgan fingerprint density at radius 2 is 1.67 bits per heavy atom. The Balaban J connectivity index is 1.68. The summed E-state index contributed by atoms with van der Waals surface area (Å²) in [7, 11) is 0. The van der Waals surface area contributed by atoms with Crippen LogP contribution in [0.4, 0.5) is 0 Å². The topological polar surface area (TPSA) is 101 Å². The molecular formula is C28H28O5. The molecule has 33 heavy (non-hydrogen) atoms. The normalized spacial score (nSPS) is 25.5. The number of hydrogen-bond acceptors (Lipinski definition) is 5. The first-order chi connectivity index (χ1) is 15.8. The highest BCUT2D eigenvalue weighted by Crippen LogP contribution is 2.68. The lowest BCUT2D eigenvalue weighted by atomic mass is 9.50. The van der Waals surface area contributed by atoms with Gasteiger partial charge in [0.2, 0.25) is 0 Å². The summed E-state index contributed by atoms with van der Waals surface area (Å²) in [4.78, 5) is 0. The van der Waals surface area contributed by atoms with E-state index in [4.69, 9.17) is 0 Å². The van der Waals surface area contributed by atoms with Crippen LogP contribution in [-0.2, 0) is 11.8 Å². The molecule has 3 aliphatic carbocycles. The number of hydrogen-bond donors (Lipinski definition) is 5. The lowest BCUT2D eigenvalue weighted by Crippen LogP contribution is -2.46. The SMILES string of the molecule is CCC12CCCC13CC(c1cc(O)c(O)c4c(O)cccc14)=Cc1cc(O)c(O)c(c13)CC2. The van der Waals surface area contributed by atoms with E-state index >= 15 is 0 Å². The molecule has 0 amide bonds. The Hall–Kier alpha value is -3.34.